The standard InChI is InChI=1S/C26H34N4O4/c1-4-21(23(31)25(33)27-16-19-11-7-5-8-12-19)29-24(32)22(15-18(2)3)30-26(34)28-17-20-13-9-6-10-14-20/h5-14,18,21-22H,4,15-17H2,1-3H3,(H,27,33)(H,29,32)(H2,28,30,34)/t21?,22-/m0/s1. The molecule has 0 aromatic heterocycles. The van der Waals surface area contributed by atoms with Crippen LogP contribution in [0.1, 0.15) is 44.7 Å². The van der Waals surface area contributed by atoms with Crippen molar-refractivity contribution >= 4 is 23.6 Å². The summed E-state index contributed by atoms with van der Waals surface area (Å²) in [6.45, 7) is 6.12. The summed E-state index contributed by atoms with van der Waals surface area (Å²) in [6, 6.07) is 16.3. The van der Waals surface area contributed by atoms with Gasteiger partial charge in [-0.3, -0.25) is 14.4 Å². The Hall–Kier alpha value is -3.68. The van der Waals surface area contributed by atoms with Crippen molar-refractivity contribution in [3.05, 3.63) is 71.8 Å². The molecule has 0 radical (unpaired) electrons. The number of urea groups is 1. The van der Waals surface area contributed by atoms with E-state index in [1.54, 1.807) is 6.92 Å². The van der Waals surface area contributed by atoms with Crippen LogP contribution >= 0.6 is 0 Å². The Kier molecular flexibility index (Phi) is 10.8. The van der Waals surface area contributed by atoms with Crippen LogP contribution in [-0.4, -0.2) is 35.7 Å². The summed E-state index contributed by atoms with van der Waals surface area (Å²) in [5.41, 5.74) is 1.80. The van der Waals surface area contributed by atoms with Crippen molar-refractivity contribution in [3.63, 3.8) is 0 Å². The van der Waals surface area contributed by atoms with E-state index in [1.165, 1.54) is 0 Å². The van der Waals surface area contributed by atoms with Gasteiger partial charge in [0.25, 0.3) is 5.91 Å². The van der Waals surface area contributed by atoms with Gasteiger partial charge in [0.2, 0.25) is 11.7 Å². The second-order valence-corrected chi connectivity index (χ2v) is 8.50. The minimum atomic E-state index is -0.980. The van der Waals surface area contributed by atoms with E-state index in [-0.39, 0.29) is 18.9 Å². The quantitative estimate of drug-likeness (QED) is 0.360. The first-order chi connectivity index (χ1) is 16.3. The predicted octanol–water partition coefficient (Wildman–Crippen LogP) is 2.68. The number of carbonyl (C=O) groups excluding carboxylic acids is 4. The summed E-state index contributed by atoms with van der Waals surface area (Å²) in [7, 11) is 0. The minimum absolute atomic E-state index is 0.120. The lowest BCUT2D eigenvalue weighted by molar-refractivity contribution is -0.140. The molecule has 0 heterocycles. The van der Waals surface area contributed by atoms with Crippen molar-refractivity contribution in [3.8, 4) is 0 Å². The zero-order valence-electron chi connectivity index (χ0n) is 20.0. The zero-order chi connectivity index (χ0) is 24.9. The molecule has 0 spiro atoms. The molecule has 2 aromatic rings. The molecule has 182 valence electrons. The fourth-order valence-electron chi connectivity index (χ4n) is 3.34. The van der Waals surface area contributed by atoms with Gasteiger partial charge >= 0.3 is 6.03 Å². The van der Waals surface area contributed by atoms with Gasteiger partial charge in [-0.1, -0.05) is 81.4 Å². The highest BCUT2D eigenvalue weighted by Crippen LogP contribution is 2.07. The van der Waals surface area contributed by atoms with Crippen molar-refractivity contribution in [1.82, 2.24) is 21.3 Å². The summed E-state index contributed by atoms with van der Waals surface area (Å²) in [5, 5.41) is 10.7. The molecular formula is C26H34N4O4. The molecule has 2 aromatic carbocycles. The normalized spacial score (nSPS) is 12.4. The number of Topliss-reactive ketones (excluding diaryl/α,β-unsaturated/α-hetero) is 1. The molecule has 8 heteroatoms. The fraction of sp³-hybridized carbons (Fsp3) is 0.385. The number of carbonyl (C=O) groups is 4. The average molecular weight is 467 g/mol. The molecule has 34 heavy (non-hydrogen) atoms. The summed E-state index contributed by atoms with van der Waals surface area (Å²) in [6.07, 6.45) is 0.632. The fourth-order valence-corrected chi connectivity index (χ4v) is 3.34. The van der Waals surface area contributed by atoms with Crippen molar-refractivity contribution < 1.29 is 19.2 Å². The van der Waals surface area contributed by atoms with Crippen LogP contribution < -0.4 is 21.3 Å². The van der Waals surface area contributed by atoms with E-state index in [9.17, 15) is 19.2 Å². The molecule has 0 saturated heterocycles. The third kappa shape index (κ3) is 9.05. The van der Waals surface area contributed by atoms with Gasteiger partial charge in [0.15, 0.2) is 0 Å². The average Bonchev–Trinajstić information content (AvgIpc) is 2.84. The van der Waals surface area contributed by atoms with E-state index >= 15 is 0 Å². The third-order valence-electron chi connectivity index (χ3n) is 5.19. The molecule has 1 unspecified atom stereocenters. The van der Waals surface area contributed by atoms with Crippen molar-refractivity contribution in [2.24, 2.45) is 5.92 Å². The molecule has 4 N–H and O–H groups in total. The number of hydrogen-bond donors (Lipinski definition) is 4. The summed E-state index contributed by atoms with van der Waals surface area (Å²) < 4.78 is 0. The van der Waals surface area contributed by atoms with E-state index in [4.69, 9.17) is 0 Å². The van der Waals surface area contributed by atoms with Crippen LogP contribution in [0.4, 0.5) is 4.79 Å². The molecule has 0 saturated carbocycles. The second-order valence-electron chi connectivity index (χ2n) is 8.50. The molecule has 0 aliphatic carbocycles. The van der Waals surface area contributed by atoms with Crippen LogP contribution in [0.25, 0.3) is 0 Å². The smallest absolute Gasteiger partial charge is 0.315 e. The van der Waals surface area contributed by atoms with Gasteiger partial charge in [0.1, 0.15) is 6.04 Å². The third-order valence-corrected chi connectivity index (χ3v) is 5.19. The number of nitrogens with one attached hydrogen (secondary N) is 4. The summed E-state index contributed by atoms with van der Waals surface area (Å²) >= 11 is 0. The Morgan fingerprint density at radius 3 is 1.76 bits per heavy atom. The lowest BCUT2D eigenvalue weighted by Crippen LogP contribution is -2.55. The molecule has 8 nitrogen and oxygen atoms in total. The Morgan fingerprint density at radius 1 is 0.735 bits per heavy atom. The van der Waals surface area contributed by atoms with Gasteiger partial charge in [0.05, 0.1) is 6.04 Å². The Bertz CT molecular complexity index is 948. The Labute approximate surface area is 200 Å². The van der Waals surface area contributed by atoms with E-state index in [0.29, 0.717) is 13.0 Å². The highest BCUT2D eigenvalue weighted by molar-refractivity contribution is 6.38. The SMILES string of the molecule is CCC(NC(=O)[C@H](CC(C)C)NC(=O)NCc1ccccc1)C(=O)C(=O)NCc1ccccc1. The molecule has 0 aliphatic rings. The topological polar surface area (TPSA) is 116 Å². The zero-order valence-corrected chi connectivity index (χ0v) is 20.0. The number of amides is 4. The molecule has 0 bridgehead atoms. The molecule has 2 rings (SSSR count). The van der Waals surface area contributed by atoms with E-state index in [2.05, 4.69) is 21.3 Å². The minimum Gasteiger partial charge on any atom is -0.345 e. The van der Waals surface area contributed by atoms with Crippen LogP contribution in [0.15, 0.2) is 60.7 Å². The summed E-state index contributed by atoms with van der Waals surface area (Å²) in [5.74, 6) is -1.86. The first-order valence-corrected chi connectivity index (χ1v) is 11.5. The van der Waals surface area contributed by atoms with Crippen molar-refractivity contribution in [1.29, 1.82) is 0 Å². The number of benzene rings is 2. The molecule has 4 amide bonds. The van der Waals surface area contributed by atoms with Crippen LogP contribution in [-0.2, 0) is 27.5 Å². The highest BCUT2D eigenvalue weighted by atomic mass is 16.2. The maximum absolute atomic E-state index is 12.9. The predicted molar refractivity (Wildman–Crippen MR) is 131 cm³/mol. The largest absolute Gasteiger partial charge is 0.345 e. The number of hydrogen-bond acceptors (Lipinski definition) is 4. The van der Waals surface area contributed by atoms with Crippen LogP contribution in [0.5, 0.6) is 0 Å². The van der Waals surface area contributed by atoms with Gasteiger partial charge in [-0.05, 0) is 29.9 Å². The Morgan fingerprint density at radius 2 is 1.26 bits per heavy atom. The first kappa shape index (κ1) is 26.6. The monoisotopic (exact) mass is 466 g/mol. The van der Waals surface area contributed by atoms with Gasteiger partial charge in [-0.15, -0.1) is 0 Å². The van der Waals surface area contributed by atoms with Crippen molar-refractivity contribution in [2.75, 3.05) is 0 Å². The van der Waals surface area contributed by atoms with Crippen LogP contribution in [0.2, 0.25) is 0 Å². The van der Waals surface area contributed by atoms with E-state index in [0.717, 1.165) is 11.1 Å². The maximum atomic E-state index is 12.9. The Balaban J connectivity index is 1.93. The number of rotatable bonds is 12. The van der Waals surface area contributed by atoms with Crippen LogP contribution in [0.3, 0.4) is 0 Å². The van der Waals surface area contributed by atoms with Gasteiger partial charge in [-0.25, -0.2) is 4.79 Å². The second kappa shape index (κ2) is 13.8. The highest BCUT2D eigenvalue weighted by Gasteiger charge is 2.29. The van der Waals surface area contributed by atoms with Gasteiger partial charge in [-0.2, -0.15) is 0 Å². The van der Waals surface area contributed by atoms with Crippen LogP contribution in [0, 0.1) is 5.92 Å². The molecule has 2 atom stereocenters. The lowest BCUT2D eigenvalue weighted by Gasteiger charge is -2.23. The molecule has 0 fully saturated rings. The first-order valence-electron chi connectivity index (χ1n) is 11.5. The maximum Gasteiger partial charge on any atom is 0.315 e. The van der Waals surface area contributed by atoms with E-state index in [1.807, 2.05) is 74.5 Å². The molecular weight excluding hydrogens is 432 g/mol. The lowest BCUT2D eigenvalue weighted by atomic mass is 10.0. The molecule has 0 aliphatic heterocycles. The van der Waals surface area contributed by atoms with Gasteiger partial charge < -0.3 is 21.3 Å². The van der Waals surface area contributed by atoms with Gasteiger partial charge in [0, 0.05) is 13.1 Å². The number of ketones is 1. The van der Waals surface area contributed by atoms with Crippen molar-refractivity contribution in [2.45, 2.75) is 58.8 Å². The summed E-state index contributed by atoms with van der Waals surface area (Å²) in [4.78, 5) is 50.3. The van der Waals surface area contributed by atoms with E-state index < -0.39 is 35.7 Å².